The Balaban J connectivity index is 1.91. The number of halogens is 1. The largest absolute Gasteiger partial charge is 0.497 e. The van der Waals surface area contributed by atoms with Crippen LogP contribution in [0.2, 0.25) is 5.02 Å². The Kier molecular flexibility index (Phi) is 11.4. The molecule has 0 saturated heterocycles. The summed E-state index contributed by atoms with van der Waals surface area (Å²) in [6.07, 6.45) is 2.44. The van der Waals surface area contributed by atoms with E-state index in [0.29, 0.717) is 28.6 Å². The second-order valence-electron chi connectivity index (χ2n) is 8.54. The summed E-state index contributed by atoms with van der Waals surface area (Å²) in [5, 5.41) is 0.613. The maximum Gasteiger partial charge on any atom is 0.345 e. The highest BCUT2D eigenvalue weighted by atomic mass is 35.5. The van der Waals surface area contributed by atoms with Crippen LogP contribution in [0.1, 0.15) is 50.8 Å². The second kappa shape index (κ2) is 14.5. The van der Waals surface area contributed by atoms with E-state index in [1.165, 1.54) is 0 Å². The number of nitrogens with zero attached hydrogens (tertiary/aromatic N) is 1. The van der Waals surface area contributed by atoms with Gasteiger partial charge < -0.3 is 22.9 Å². The van der Waals surface area contributed by atoms with E-state index in [2.05, 4.69) is 6.92 Å². The number of ether oxygens (including phenoxy) is 2. The lowest BCUT2D eigenvalue weighted by Gasteiger charge is -2.24. The number of carbonyl (C=O) groups excluding carboxylic acids is 1. The zero-order valence-corrected chi connectivity index (χ0v) is 23.9. The Labute approximate surface area is 229 Å². The number of aromatic nitrogens is 1. The van der Waals surface area contributed by atoms with E-state index < -0.39 is 19.2 Å². The highest BCUT2D eigenvalue weighted by Crippen LogP contribution is 2.54. The van der Waals surface area contributed by atoms with Gasteiger partial charge in [-0.2, -0.15) is 0 Å². The van der Waals surface area contributed by atoms with Crippen LogP contribution in [0.25, 0.3) is 11.3 Å². The quantitative estimate of drug-likeness (QED) is 0.141. The van der Waals surface area contributed by atoms with Gasteiger partial charge in [0, 0.05) is 23.4 Å². The summed E-state index contributed by atoms with van der Waals surface area (Å²) in [7, 11) is -2.33. The number of esters is 1. The second-order valence-corrected chi connectivity index (χ2v) is 11.2. The molecule has 0 aliphatic heterocycles. The maximum atomic E-state index is 13.8. The van der Waals surface area contributed by atoms with Gasteiger partial charge in [-0.25, -0.2) is 4.98 Å². The van der Waals surface area contributed by atoms with E-state index in [1.807, 2.05) is 12.1 Å². The van der Waals surface area contributed by atoms with Crippen LogP contribution in [0, 0.1) is 0 Å². The molecule has 0 fully saturated rings. The summed E-state index contributed by atoms with van der Waals surface area (Å²) in [4.78, 5) is 18.0. The summed E-state index contributed by atoms with van der Waals surface area (Å²) in [5.41, 5.74) is 1.00. The molecule has 3 rings (SSSR count). The van der Waals surface area contributed by atoms with Gasteiger partial charge in [0.15, 0.2) is 11.5 Å². The molecule has 206 valence electrons. The van der Waals surface area contributed by atoms with Crippen molar-refractivity contribution in [1.82, 2.24) is 4.98 Å². The number of oxazole rings is 1. The van der Waals surface area contributed by atoms with Gasteiger partial charge in [0.2, 0.25) is 0 Å². The number of carbonyl (C=O) groups is 1. The Morgan fingerprint density at radius 3 is 2.26 bits per heavy atom. The first-order valence-electron chi connectivity index (χ1n) is 12.8. The number of rotatable bonds is 15. The Morgan fingerprint density at radius 2 is 1.68 bits per heavy atom. The summed E-state index contributed by atoms with van der Waals surface area (Å²) in [6.45, 7) is 5.66. The molecule has 0 saturated carbocycles. The molecule has 1 aromatic heterocycles. The molecule has 0 spiro atoms. The highest BCUT2D eigenvalue weighted by molar-refractivity contribution is 7.55. The molecule has 0 N–H and O–H groups in total. The van der Waals surface area contributed by atoms with Crippen molar-refractivity contribution in [2.45, 2.75) is 58.7 Å². The molecule has 3 aromatic rings. The van der Waals surface area contributed by atoms with Gasteiger partial charge in [-0.1, -0.05) is 49.2 Å². The Bertz CT molecular complexity index is 1200. The van der Waals surface area contributed by atoms with Crippen LogP contribution in [-0.4, -0.2) is 36.9 Å². The van der Waals surface area contributed by atoms with Crippen molar-refractivity contribution < 1.29 is 32.3 Å². The van der Waals surface area contributed by atoms with Crippen molar-refractivity contribution >= 4 is 25.2 Å². The zero-order valence-electron chi connectivity index (χ0n) is 22.3. The number of unbranched alkanes of at least 4 members (excludes halogenated alkanes) is 1. The molecule has 0 amide bonds. The Morgan fingerprint density at radius 1 is 1.03 bits per heavy atom. The Hall–Kier alpha value is -2.64. The third-order valence-corrected chi connectivity index (χ3v) is 8.44. The molecular formula is C28H35ClNO7P. The fourth-order valence-corrected chi connectivity index (χ4v) is 5.86. The van der Waals surface area contributed by atoms with Crippen LogP contribution in [0.4, 0.5) is 0 Å². The van der Waals surface area contributed by atoms with Crippen LogP contribution in [0.5, 0.6) is 5.75 Å². The minimum absolute atomic E-state index is 0.0130. The summed E-state index contributed by atoms with van der Waals surface area (Å²) >= 11 is 6.07. The van der Waals surface area contributed by atoms with E-state index in [9.17, 15) is 9.36 Å². The topological polar surface area (TPSA) is 97.1 Å². The SMILES string of the molecule is CCCCc1oc(CC(C(=O)OCc2ccc(OC)cc2)P(=O)(OCC)OCC)nc1-c1ccc(Cl)cc1. The minimum atomic E-state index is -3.90. The van der Waals surface area contributed by atoms with Crippen molar-refractivity contribution in [2.75, 3.05) is 20.3 Å². The zero-order chi connectivity index (χ0) is 27.5. The van der Waals surface area contributed by atoms with Crippen molar-refractivity contribution in [3.05, 3.63) is 70.8 Å². The predicted molar refractivity (Wildman–Crippen MR) is 147 cm³/mol. The molecule has 0 bridgehead atoms. The first-order chi connectivity index (χ1) is 18.3. The number of methoxy groups -OCH3 is 1. The van der Waals surface area contributed by atoms with Crippen LogP contribution < -0.4 is 4.74 Å². The lowest BCUT2D eigenvalue weighted by atomic mass is 10.1. The molecule has 1 unspecified atom stereocenters. The van der Waals surface area contributed by atoms with Crippen LogP contribution in [-0.2, 0) is 42.6 Å². The van der Waals surface area contributed by atoms with Gasteiger partial charge in [-0.15, -0.1) is 0 Å². The van der Waals surface area contributed by atoms with Crippen molar-refractivity contribution in [3.63, 3.8) is 0 Å². The third kappa shape index (κ3) is 7.93. The molecule has 10 heteroatoms. The fraction of sp³-hybridized carbons (Fsp3) is 0.429. The van der Waals surface area contributed by atoms with Gasteiger partial charge in [0.25, 0.3) is 0 Å². The third-order valence-electron chi connectivity index (χ3n) is 5.80. The molecule has 38 heavy (non-hydrogen) atoms. The molecule has 1 heterocycles. The standard InChI is InChI=1S/C28H35ClNO7P/c1-5-8-9-24-27(21-12-14-22(29)15-13-21)30-26(37-24)18-25(38(32,35-6-2)36-7-3)28(31)34-19-20-10-16-23(33-4)17-11-20/h10-17,25H,5-9,18-19H2,1-4H3. The molecule has 0 aliphatic rings. The van der Waals surface area contributed by atoms with Gasteiger partial charge in [-0.05, 0) is 50.1 Å². The van der Waals surface area contributed by atoms with Gasteiger partial charge in [0.1, 0.15) is 23.8 Å². The smallest absolute Gasteiger partial charge is 0.345 e. The van der Waals surface area contributed by atoms with Crippen molar-refractivity contribution in [2.24, 2.45) is 0 Å². The van der Waals surface area contributed by atoms with Gasteiger partial charge in [-0.3, -0.25) is 9.36 Å². The molecule has 0 radical (unpaired) electrons. The summed E-state index contributed by atoms with van der Waals surface area (Å²) in [5.74, 6) is 0.922. The summed E-state index contributed by atoms with van der Waals surface area (Å²) < 4.78 is 41.7. The van der Waals surface area contributed by atoms with Crippen LogP contribution in [0.3, 0.4) is 0 Å². The van der Waals surface area contributed by atoms with Crippen LogP contribution >= 0.6 is 19.2 Å². The van der Waals surface area contributed by atoms with E-state index in [4.69, 9.17) is 39.5 Å². The van der Waals surface area contributed by atoms with E-state index in [-0.39, 0.29) is 32.1 Å². The lowest BCUT2D eigenvalue weighted by molar-refractivity contribution is -0.145. The van der Waals surface area contributed by atoms with E-state index >= 15 is 0 Å². The molecule has 1 atom stereocenters. The fourth-order valence-electron chi connectivity index (χ4n) is 3.87. The normalized spacial score (nSPS) is 12.3. The molecule has 2 aromatic carbocycles. The average Bonchev–Trinajstić information content (AvgIpc) is 3.32. The highest BCUT2D eigenvalue weighted by Gasteiger charge is 2.43. The average molecular weight is 564 g/mol. The first-order valence-corrected chi connectivity index (χ1v) is 14.7. The number of hydrogen-bond donors (Lipinski definition) is 0. The minimum Gasteiger partial charge on any atom is -0.497 e. The van der Waals surface area contributed by atoms with E-state index in [1.54, 1.807) is 57.4 Å². The van der Waals surface area contributed by atoms with E-state index in [0.717, 1.165) is 24.0 Å². The first kappa shape index (κ1) is 29.9. The molecular weight excluding hydrogens is 529 g/mol. The monoisotopic (exact) mass is 563 g/mol. The number of aryl methyl sites for hydroxylation is 1. The number of benzene rings is 2. The van der Waals surface area contributed by atoms with Crippen molar-refractivity contribution in [1.29, 1.82) is 0 Å². The maximum absolute atomic E-state index is 13.8. The molecule has 0 aliphatic carbocycles. The molecule has 8 nitrogen and oxygen atoms in total. The van der Waals surface area contributed by atoms with Gasteiger partial charge >= 0.3 is 13.6 Å². The lowest BCUT2D eigenvalue weighted by Crippen LogP contribution is -2.28. The van der Waals surface area contributed by atoms with Crippen LogP contribution in [0.15, 0.2) is 52.9 Å². The van der Waals surface area contributed by atoms with Gasteiger partial charge in [0.05, 0.1) is 20.3 Å². The van der Waals surface area contributed by atoms with Crippen molar-refractivity contribution in [3.8, 4) is 17.0 Å². The summed E-state index contributed by atoms with van der Waals surface area (Å²) in [6, 6.07) is 14.4. The number of hydrogen-bond acceptors (Lipinski definition) is 8. The predicted octanol–water partition coefficient (Wildman–Crippen LogP) is 7.27.